The zero-order valence-electron chi connectivity index (χ0n) is 13.8. The summed E-state index contributed by atoms with van der Waals surface area (Å²) in [6, 6.07) is 2.78. The van der Waals surface area contributed by atoms with E-state index >= 15 is 0 Å². The van der Waals surface area contributed by atoms with Crippen LogP contribution in [0.15, 0.2) is 17.1 Å². The number of nitro benzene ring substituents is 1. The molecule has 1 aliphatic rings. The van der Waals surface area contributed by atoms with Crippen LogP contribution in [-0.4, -0.2) is 53.5 Å². The third-order valence-corrected chi connectivity index (χ3v) is 4.25. The number of hydrogen-bond acceptors (Lipinski definition) is 7. The largest absolute Gasteiger partial charge is 0.378 e. The molecule has 25 heavy (non-hydrogen) atoms. The minimum absolute atomic E-state index is 0.185. The van der Waals surface area contributed by atoms with Crippen LogP contribution in [0.1, 0.15) is 15.9 Å². The number of nitrogens with zero attached hydrogens (tertiary/aromatic N) is 4. The topological polar surface area (TPSA) is 121 Å². The first kappa shape index (κ1) is 18.7. The second-order valence-electron chi connectivity index (χ2n) is 5.16. The molecule has 0 spiro atoms. The first-order chi connectivity index (χ1) is 12.0. The molecule has 0 radical (unpaired) electrons. The number of nitro groups is 1. The Bertz CT molecular complexity index is 753. The lowest BCUT2D eigenvalue weighted by Gasteiger charge is -2.27. The van der Waals surface area contributed by atoms with Crippen LogP contribution in [0.4, 0.5) is 11.4 Å². The molecule has 1 aliphatic heterocycles. The number of ether oxygens (including phenoxy) is 1. The van der Waals surface area contributed by atoms with Gasteiger partial charge in [-0.05, 0) is 19.2 Å². The summed E-state index contributed by atoms with van der Waals surface area (Å²) >= 11 is 1.19. The molecule has 1 aromatic rings. The molecule has 1 saturated heterocycles. The van der Waals surface area contributed by atoms with Gasteiger partial charge >= 0.3 is 0 Å². The van der Waals surface area contributed by atoms with Crippen molar-refractivity contribution in [2.75, 3.05) is 32.6 Å². The van der Waals surface area contributed by atoms with Crippen LogP contribution in [0.3, 0.4) is 0 Å². The van der Waals surface area contributed by atoms with E-state index in [1.807, 2.05) is 0 Å². The molecule has 0 aliphatic carbocycles. The van der Waals surface area contributed by atoms with Gasteiger partial charge in [-0.3, -0.25) is 20.2 Å². The Morgan fingerprint density at radius 2 is 2.16 bits per heavy atom. The van der Waals surface area contributed by atoms with Gasteiger partial charge in [0.05, 0.1) is 29.4 Å². The molecule has 0 aromatic heterocycles. The summed E-state index contributed by atoms with van der Waals surface area (Å²) < 4.78 is 5.22. The summed E-state index contributed by atoms with van der Waals surface area (Å²) in [5, 5.41) is 22.8. The van der Waals surface area contributed by atoms with Gasteiger partial charge < -0.3 is 9.64 Å². The molecular weight excluding hydrogens is 346 g/mol. The summed E-state index contributed by atoms with van der Waals surface area (Å²) in [7, 11) is 0. The van der Waals surface area contributed by atoms with Crippen molar-refractivity contribution in [2.24, 2.45) is 4.99 Å². The quantitative estimate of drug-likeness (QED) is 0.217. The first-order valence-electron chi connectivity index (χ1n) is 7.41. The molecule has 0 unspecified atom stereocenters. The number of amidine groups is 1. The number of amides is 1. The molecular formula is C15H17N5O4S. The van der Waals surface area contributed by atoms with Crippen LogP contribution in [-0.2, 0) is 4.74 Å². The van der Waals surface area contributed by atoms with Gasteiger partial charge in [0.2, 0.25) is 0 Å². The molecule has 2 rings (SSSR count). The Morgan fingerprint density at radius 3 is 2.72 bits per heavy atom. The van der Waals surface area contributed by atoms with Crippen molar-refractivity contribution in [3.63, 3.8) is 0 Å². The van der Waals surface area contributed by atoms with E-state index in [0.29, 0.717) is 31.9 Å². The average molecular weight is 363 g/mol. The number of benzene rings is 1. The monoisotopic (exact) mass is 363 g/mol. The summed E-state index contributed by atoms with van der Waals surface area (Å²) in [6.07, 6.45) is 3.48. The average Bonchev–Trinajstić information content (AvgIpc) is 2.62. The van der Waals surface area contributed by atoms with Crippen LogP contribution in [0.2, 0.25) is 0 Å². The van der Waals surface area contributed by atoms with Crippen molar-refractivity contribution >= 4 is 34.2 Å². The Labute approximate surface area is 148 Å². The standard InChI is InChI=1S/C15H17N5O4S/c1-10-12(18-15(25-2)17-9-16)7-11(8-13(10)20(22)23)14(21)19-3-5-24-6-4-19/h7-8H,3-6H2,1-2H3,(H,17,18). The maximum absolute atomic E-state index is 12.6. The maximum atomic E-state index is 12.6. The molecule has 0 bridgehead atoms. The van der Waals surface area contributed by atoms with Crippen LogP contribution < -0.4 is 5.32 Å². The molecule has 9 nitrogen and oxygen atoms in total. The molecule has 1 N–H and O–H groups in total. The lowest BCUT2D eigenvalue weighted by atomic mass is 10.1. The second-order valence-corrected chi connectivity index (χ2v) is 5.95. The van der Waals surface area contributed by atoms with Crippen molar-refractivity contribution in [1.82, 2.24) is 10.2 Å². The number of rotatable bonds is 3. The van der Waals surface area contributed by atoms with Crippen molar-refractivity contribution in [2.45, 2.75) is 6.92 Å². The van der Waals surface area contributed by atoms with E-state index in [1.54, 1.807) is 24.3 Å². The number of nitrogens with one attached hydrogen (secondary N) is 1. The number of hydrogen-bond donors (Lipinski definition) is 1. The van der Waals surface area contributed by atoms with Crippen molar-refractivity contribution in [3.8, 4) is 6.19 Å². The van der Waals surface area contributed by atoms with Gasteiger partial charge in [-0.2, -0.15) is 5.26 Å². The van der Waals surface area contributed by atoms with Crippen molar-refractivity contribution < 1.29 is 14.5 Å². The van der Waals surface area contributed by atoms with E-state index in [4.69, 9.17) is 10.00 Å². The van der Waals surface area contributed by atoms with E-state index < -0.39 is 4.92 Å². The molecule has 0 atom stereocenters. The summed E-state index contributed by atoms with van der Waals surface area (Å²) in [4.78, 5) is 29.3. The van der Waals surface area contributed by atoms with Gasteiger partial charge in [0.15, 0.2) is 11.4 Å². The fraction of sp³-hybridized carbons (Fsp3) is 0.400. The van der Waals surface area contributed by atoms with Crippen molar-refractivity contribution in [1.29, 1.82) is 5.26 Å². The first-order valence-corrected chi connectivity index (χ1v) is 8.64. The van der Waals surface area contributed by atoms with E-state index in [0.717, 1.165) is 0 Å². The number of carbonyl (C=O) groups is 1. The lowest BCUT2D eigenvalue weighted by molar-refractivity contribution is -0.385. The summed E-state index contributed by atoms with van der Waals surface area (Å²) in [5.74, 6) is -0.304. The molecule has 1 heterocycles. The van der Waals surface area contributed by atoms with Gasteiger partial charge in [0.25, 0.3) is 11.6 Å². The highest BCUT2D eigenvalue weighted by Crippen LogP contribution is 2.31. The van der Waals surface area contributed by atoms with Gasteiger partial charge in [0.1, 0.15) is 0 Å². The van der Waals surface area contributed by atoms with E-state index in [1.165, 1.54) is 23.9 Å². The number of thioether (sulfide) groups is 1. The molecule has 10 heteroatoms. The third-order valence-electron chi connectivity index (χ3n) is 3.67. The SMILES string of the molecule is CSC(=Nc1cc(C(=O)N2CCOCC2)cc([N+](=O)[O-])c1C)NC#N. The van der Waals surface area contributed by atoms with Crippen LogP contribution in [0.5, 0.6) is 0 Å². The summed E-state index contributed by atoms with van der Waals surface area (Å²) in [5.41, 5.74) is 0.610. The minimum atomic E-state index is -0.541. The number of morpholine rings is 1. The van der Waals surface area contributed by atoms with Crippen LogP contribution in [0, 0.1) is 28.5 Å². The van der Waals surface area contributed by atoms with E-state index in [2.05, 4.69) is 10.3 Å². The van der Waals surface area contributed by atoms with Crippen LogP contribution >= 0.6 is 11.8 Å². The van der Waals surface area contributed by atoms with Gasteiger partial charge in [0, 0.05) is 24.7 Å². The Hall–Kier alpha value is -2.64. The lowest BCUT2D eigenvalue weighted by Crippen LogP contribution is -2.40. The minimum Gasteiger partial charge on any atom is -0.378 e. The molecule has 1 aromatic carbocycles. The highest BCUT2D eigenvalue weighted by Gasteiger charge is 2.24. The van der Waals surface area contributed by atoms with Gasteiger partial charge in [-0.15, -0.1) is 0 Å². The van der Waals surface area contributed by atoms with Crippen LogP contribution in [0.25, 0.3) is 0 Å². The van der Waals surface area contributed by atoms with Crippen molar-refractivity contribution in [3.05, 3.63) is 33.4 Å². The number of aliphatic imine (C=N–C) groups is 1. The van der Waals surface area contributed by atoms with Gasteiger partial charge in [-0.25, -0.2) is 4.99 Å². The third kappa shape index (κ3) is 4.46. The normalized spacial score (nSPS) is 14.8. The zero-order valence-corrected chi connectivity index (χ0v) is 14.6. The molecule has 1 amide bonds. The molecule has 0 saturated carbocycles. The van der Waals surface area contributed by atoms with E-state index in [-0.39, 0.29) is 28.0 Å². The predicted octanol–water partition coefficient (Wildman–Crippen LogP) is 1.80. The second kappa shape index (κ2) is 8.46. The maximum Gasteiger partial charge on any atom is 0.275 e. The molecule has 132 valence electrons. The summed E-state index contributed by atoms with van der Waals surface area (Å²) in [6.45, 7) is 3.31. The smallest absolute Gasteiger partial charge is 0.275 e. The number of carbonyl (C=O) groups excluding carboxylic acids is 1. The Morgan fingerprint density at radius 1 is 1.48 bits per heavy atom. The Balaban J connectivity index is 2.49. The zero-order chi connectivity index (χ0) is 18.4. The fourth-order valence-electron chi connectivity index (χ4n) is 2.34. The van der Waals surface area contributed by atoms with Gasteiger partial charge in [-0.1, -0.05) is 11.8 Å². The van der Waals surface area contributed by atoms with E-state index in [9.17, 15) is 14.9 Å². The highest BCUT2D eigenvalue weighted by molar-refractivity contribution is 8.13. The molecule has 1 fully saturated rings. The highest BCUT2D eigenvalue weighted by atomic mass is 32.2. The fourth-order valence-corrected chi connectivity index (χ4v) is 2.68. The predicted molar refractivity (Wildman–Crippen MR) is 93.9 cm³/mol. The Kier molecular flexibility index (Phi) is 6.32. The number of nitriles is 1.